The van der Waals surface area contributed by atoms with E-state index in [2.05, 4.69) is 37.1 Å². The molecule has 1 aromatic heterocycles. The molecule has 12 nitrogen and oxygen atoms in total. The van der Waals surface area contributed by atoms with Crippen molar-refractivity contribution >= 4 is 24.4 Å². The van der Waals surface area contributed by atoms with E-state index in [1.807, 2.05) is 18.9 Å². The van der Waals surface area contributed by atoms with Gasteiger partial charge in [-0.25, -0.2) is 0 Å². The predicted octanol–water partition coefficient (Wildman–Crippen LogP) is 2.81. The van der Waals surface area contributed by atoms with Crippen molar-refractivity contribution in [1.29, 1.82) is 0 Å². The molecule has 0 saturated carbocycles. The molecular formula is C24H31F3N8O4. The van der Waals surface area contributed by atoms with E-state index in [0.717, 1.165) is 11.3 Å². The Kier molecular flexibility index (Phi) is 10.4. The van der Waals surface area contributed by atoms with E-state index >= 15 is 0 Å². The number of nitrogens with one attached hydrogen (secondary N) is 2. The summed E-state index contributed by atoms with van der Waals surface area (Å²) in [6.45, 7) is 8.32. The standard InChI is InChI=1S/C24H31F3N8O4/c1-17(34(9-8-28-2)20-4-6-21(7-5-20)39-24(25,26)27)10-30-12-18(11-29-3)13-31-19-14-33-15-22(35(36)37)32-23(33)38-16-19/h4-7,11-12,15,17,19,28,31H,3,8-10,13-14,16H2,1-2H3/b18-11+,30-12?. The first-order chi connectivity index (χ1) is 18.6. The van der Waals surface area contributed by atoms with E-state index in [-0.39, 0.29) is 29.7 Å². The van der Waals surface area contributed by atoms with Crippen LogP contribution in [0.25, 0.3) is 0 Å². The van der Waals surface area contributed by atoms with Gasteiger partial charge in [0.25, 0.3) is 0 Å². The van der Waals surface area contributed by atoms with Gasteiger partial charge < -0.3 is 35.1 Å². The summed E-state index contributed by atoms with van der Waals surface area (Å²) in [6, 6.07) is 5.76. The number of halogens is 3. The number of fused-ring (bicyclic) bond motifs is 1. The molecule has 0 radical (unpaired) electrons. The number of imidazole rings is 1. The second-order valence-corrected chi connectivity index (χ2v) is 8.75. The third-order valence-electron chi connectivity index (χ3n) is 5.76. The SMILES string of the molecule is C=N/C=C(\C=NCC(C)N(CCNC)c1ccc(OC(F)(F)F)cc1)CNC1COc2nc([N+](=O)[O-])cn2C1. The van der Waals surface area contributed by atoms with Gasteiger partial charge in [0.1, 0.15) is 18.6 Å². The van der Waals surface area contributed by atoms with Crippen LogP contribution in [0.4, 0.5) is 24.7 Å². The summed E-state index contributed by atoms with van der Waals surface area (Å²) >= 11 is 0. The number of benzene rings is 1. The van der Waals surface area contributed by atoms with Crippen LogP contribution < -0.4 is 25.0 Å². The topological polar surface area (TPSA) is 131 Å². The van der Waals surface area contributed by atoms with Crippen LogP contribution in [0.5, 0.6) is 11.8 Å². The van der Waals surface area contributed by atoms with E-state index in [1.165, 1.54) is 18.3 Å². The average molecular weight is 553 g/mol. The molecule has 0 saturated heterocycles. The molecule has 15 heteroatoms. The molecule has 2 unspecified atom stereocenters. The summed E-state index contributed by atoms with van der Waals surface area (Å²) < 4.78 is 48.6. The second-order valence-electron chi connectivity index (χ2n) is 8.75. The normalized spacial score (nSPS) is 16.4. The van der Waals surface area contributed by atoms with Gasteiger partial charge in [-0.05, 0) is 49.9 Å². The largest absolute Gasteiger partial charge is 0.573 e. The van der Waals surface area contributed by atoms with Crippen LogP contribution in [-0.4, -0.2) is 85.7 Å². The molecule has 0 aliphatic carbocycles. The lowest BCUT2D eigenvalue weighted by atomic mass is 10.2. The molecule has 0 fully saturated rings. The van der Waals surface area contributed by atoms with Gasteiger partial charge in [0, 0.05) is 60.9 Å². The molecule has 1 aromatic carbocycles. The molecule has 1 aliphatic rings. The first kappa shape index (κ1) is 29.6. The summed E-state index contributed by atoms with van der Waals surface area (Å²) in [5, 5.41) is 17.3. The van der Waals surface area contributed by atoms with Gasteiger partial charge in [-0.1, -0.05) is 0 Å². The molecule has 3 rings (SSSR count). The highest BCUT2D eigenvalue weighted by Gasteiger charge is 2.31. The van der Waals surface area contributed by atoms with Gasteiger partial charge >= 0.3 is 18.2 Å². The average Bonchev–Trinajstić information content (AvgIpc) is 3.31. The van der Waals surface area contributed by atoms with Gasteiger partial charge in [0.05, 0.1) is 12.6 Å². The number of aliphatic imine (C=N–C) groups is 2. The lowest BCUT2D eigenvalue weighted by Gasteiger charge is -2.30. The number of alkyl halides is 3. The van der Waals surface area contributed by atoms with E-state index < -0.39 is 11.3 Å². The summed E-state index contributed by atoms with van der Waals surface area (Å²) in [4.78, 5) is 24.6. The summed E-state index contributed by atoms with van der Waals surface area (Å²) in [5.41, 5.74) is 1.50. The molecule has 1 aliphatic heterocycles. The second kappa shape index (κ2) is 13.7. The van der Waals surface area contributed by atoms with Crippen molar-refractivity contribution in [3.63, 3.8) is 0 Å². The van der Waals surface area contributed by atoms with Crippen LogP contribution >= 0.6 is 0 Å². The lowest BCUT2D eigenvalue weighted by Crippen LogP contribution is -2.42. The number of hydrogen-bond donors (Lipinski definition) is 2. The number of likely N-dealkylation sites (N-methyl/N-ethyl adjacent to an activating group) is 1. The minimum Gasteiger partial charge on any atom is -0.444 e. The zero-order chi connectivity index (χ0) is 28.4. The predicted molar refractivity (Wildman–Crippen MR) is 141 cm³/mol. The van der Waals surface area contributed by atoms with Crippen LogP contribution in [0.3, 0.4) is 0 Å². The Hall–Kier alpha value is -3.98. The quantitative estimate of drug-likeness (QED) is 0.208. The molecule has 0 spiro atoms. The number of rotatable bonds is 14. The molecule has 2 atom stereocenters. The van der Waals surface area contributed by atoms with E-state index in [1.54, 1.807) is 29.1 Å². The maximum absolute atomic E-state index is 12.5. The van der Waals surface area contributed by atoms with E-state index in [4.69, 9.17) is 4.74 Å². The first-order valence-corrected chi connectivity index (χ1v) is 12.1. The monoisotopic (exact) mass is 552 g/mol. The Morgan fingerprint density at radius 1 is 1.44 bits per heavy atom. The molecular weight excluding hydrogens is 521 g/mol. The minimum absolute atomic E-state index is 0.0721. The van der Waals surface area contributed by atoms with Crippen LogP contribution in [0.1, 0.15) is 6.92 Å². The van der Waals surface area contributed by atoms with Crippen molar-refractivity contribution in [2.24, 2.45) is 9.98 Å². The van der Waals surface area contributed by atoms with Crippen LogP contribution in [0.2, 0.25) is 0 Å². The van der Waals surface area contributed by atoms with Crippen molar-refractivity contribution in [3.8, 4) is 11.8 Å². The van der Waals surface area contributed by atoms with Crippen LogP contribution in [0.15, 0.2) is 52.2 Å². The Balaban J connectivity index is 1.57. The lowest BCUT2D eigenvalue weighted by molar-refractivity contribution is -0.389. The smallest absolute Gasteiger partial charge is 0.444 e. The molecule has 2 N–H and O–H groups in total. The maximum atomic E-state index is 12.5. The van der Waals surface area contributed by atoms with Gasteiger partial charge in [-0.3, -0.25) is 14.6 Å². The zero-order valence-electron chi connectivity index (χ0n) is 21.6. The number of aromatic nitrogens is 2. The number of nitrogens with zero attached hydrogens (tertiary/aromatic N) is 6. The Morgan fingerprint density at radius 2 is 2.18 bits per heavy atom. The fourth-order valence-corrected chi connectivity index (χ4v) is 3.91. The van der Waals surface area contributed by atoms with E-state index in [9.17, 15) is 23.3 Å². The molecule has 0 amide bonds. The fourth-order valence-electron chi connectivity index (χ4n) is 3.91. The van der Waals surface area contributed by atoms with Crippen molar-refractivity contribution in [2.45, 2.75) is 31.9 Å². The summed E-state index contributed by atoms with van der Waals surface area (Å²) in [6.07, 6.45) is -0.143. The third-order valence-corrected chi connectivity index (χ3v) is 5.76. The summed E-state index contributed by atoms with van der Waals surface area (Å²) in [7, 11) is 1.82. The van der Waals surface area contributed by atoms with Gasteiger partial charge in [0.2, 0.25) is 0 Å². The minimum atomic E-state index is -4.75. The highest BCUT2D eigenvalue weighted by Crippen LogP contribution is 2.26. The Morgan fingerprint density at radius 3 is 2.82 bits per heavy atom. The number of ether oxygens (including phenoxy) is 2. The first-order valence-electron chi connectivity index (χ1n) is 12.1. The maximum Gasteiger partial charge on any atom is 0.573 e. The highest BCUT2D eigenvalue weighted by molar-refractivity contribution is 5.79. The number of nitro groups is 1. The van der Waals surface area contributed by atoms with Gasteiger partial charge in [-0.15, -0.1) is 13.2 Å². The number of anilines is 1. The van der Waals surface area contributed by atoms with Crippen molar-refractivity contribution in [3.05, 3.63) is 52.3 Å². The van der Waals surface area contributed by atoms with Gasteiger partial charge in [0.15, 0.2) is 0 Å². The van der Waals surface area contributed by atoms with Crippen molar-refractivity contribution < 1.29 is 27.6 Å². The Bertz CT molecular complexity index is 1170. The van der Waals surface area contributed by atoms with Crippen molar-refractivity contribution in [1.82, 2.24) is 20.2 Å². The van der Waals surface area contributed by atoms with Crippen molar-refractivity contribution in [2.75, 3.05) is 44.7 Å². The molecule has 2 heterocycles. The molecule has 2 aromatic rings. The third kappa shape index (κ3) is 9.07. The molecule has 212 valence electrons. The molecule has 39 heavy (non-hydrogen) atoms. The van der Waals surface area contributed by atoms with Crippen LogP contribution in [-0.2, 0) is 6.54 Å². The Labute approximate surface area is 223 Å². The highest BCUT2D eigenvalue weighted by atomic mass is 19.4. The van der Waals surface area contributed by atoms with Gasteiger partial charge in [-0.2, -0.15) is 0 Å². The van der Waals surface area contributed by atoms with E-state index in [0.29, 0.717) is 39.3 Å². The zero-order valence-corrected chi connectivity index (χ0v) is 21.6. The van der Waals surface area contributed by atoms with Crippen LogP contribution in [0, 0.1) is 10.1 Å². The fraction of sp³-hybridized carbons (Fsp3) is 0.458. The molecule has 0 bridgehead atoms. The summed E-state index contributed by atoms with van der Waals surface area (Å²) in [5.74, 6) is -0.548. The number of hydrogen-bond acceptors (Lipinski definition) is 10.